The topological polar surface area (TPSA) is 84.9 Å². The molecule has 7 nitrogen and oxygen atoms in total. The number of ether oxygens (including phenoxy) is 2. The molecule has 0 spiro atoms. The van der Waals surface area contributed by atoms with Gasteiger partial charge in [-0.05, 0) is 55.5 Å². The molecule has 0 saturated heterocycles. The lowest BCUT2D eigenvalue weighted by atomic mass is 10.2. The Labute approximate surface area is 215 Å². The third-order valence-corrected chi connectivity index (χ3v) is 8.10. The molecule has 3 rings (SSSR count). The van der Waals surface area contributed by atoms with Gasteiger partial charge in [-0.2, -0.15) is 0 Å². The minimum Gasteiger partial charge on any atom is -0.497 e. The first-order valence-electron chi connectivity index (χ1n) is 10.7. The predicted octanol–water partition coefficient (Wildman–Crippen LogP) is 4.77. The van der Waals surface area contributed by atoms with E-state index in [2.05, 4.69) is 5.32 Å². The van der Waals surface area contributed by atoms with Crippen LogP contribution in [0.1, 0.15) is 5.56 Å². The van der Waals surface area contributed by atoms with Gasteiger partial charge in [0.1, 0.15) is 18.0 Å². The average molecular weight is 535 g/mol. The largest absolute Gasteiger partial charge is 0.497 e. The maximum Gasteiger partial charge on any atom is 0.264 e. The van der Waals surface area contributed by atoms with E-state index in [1.807, 2.05) is 19.1 Å². The van der Waals surface area contributed by atoms with Gasteiger partial charge in [-0.15, -0.1) is 11.8 Å². The summed E-state index contributed by atoms with van der Waals surface area (Å²) in [7, 11) is -1.16. The molecular weight excluding hydrogens is 508 g/mol. The molecule has 1 N–H and O–H groups in total. The quantitative estimate of drug-likeness (QED) is 0.282. The number of sulfonamides is 1. The van der Waals surface area contributed by atoms with Crippen LogP contribution in [-0.2, 0) is 14.8 Å². The minimum absolute atomic E-state index is 0.0686. The molecule has 3 aromatic rings. The standard InChI is InChI=1S/C25H27ClN2O5S2/c1-18-4-11-22(12-5-18)35(30,31)28(23-16-20(32-2)8-13-24(23)33-3)17-25(29)27-14-15-34-21-9-6-19(26)7-10-21/h4-13,16H,14-15,17H2,1-3H3,(H,27,29). The molecule has 0 aliphatic heterocycles. The number of anilines is 1. The highest BCUT2D eigenvalue weighted by molar-refractivity contribution is 7.99. The van der Waals surface area contributed by atoms with Crippen LogP contribution in [0.4, 0.5) is 5.69 Å². The summed E-state index contributed by atoms with van der Waals surface area (Å²) < 4.78 is 39.0. The number of methoxy groups -OCH3 is 2. The molecule has 0 atom stereocenters. The second kappa shape index (κ2) is 12.2. The van der Waals surface area contributed by atoms with Crippen LogP contribution in [0.15, 0.2) is 76.5 Å². The summed E-state index contributed by atoms with van der Waals surface area (Å²) in [5.74, 6) is 0.903. The van der Waals surface area contributed by atoms with Gasteiger partial charge in [0.05, 0.1) is 24.8 Å². The van der Waals surface area contributed by atoms with Crippen molar-refractivity contribution in [3.63, 3.8) is 0 Å². The summed E-state index contributed by atoms with van der Waals surface area (Å²) in [5, 5.41) is 3.46. The van der Waals surface area contributed by atoms with Crippen molar-refractivity contribution in [2.45, 2.75) is 16.7 Å². The lowest BCUT2D eigenvalue weighted by Crippen LogP contribution is -2.41. The van der Waals surface area contributed by atoms with Crippen molar-refractivity contribution in [3.8, 4) is 11.5 Å². The first kappa shape index (κ1) is 26.7. The van der Waals surface area contributed by atoms with E-state index in [1.54, 1.807) is 48.2 Å². The van der Waals surface area contributed by atoms with Crippen LogP contribution in [-0.4, -0.2) is 47.4 Å². The molecule has 0 unspecified atom stereocenters. The normalized spacial score (nSPS) is 11.1. The Balaban J connectivity index is 1.81. The minimum atomic E-state index is -4.08. The van der Waals surface area contributed by atoms with E-state index in [-0.39, 0.29) is 10.6 Å². The highest BCUT2D eigenvalue weighted by Crippen LogP contribution is 2.35. The van der Waals surface area contributed by atoms with Crippen molar-refractivity contribution in [1.29, 1.82) is 0 Å². The summed E-state index contributed by atoms with van der Waals surface area (Å²) >= 11 is 7.47. The average Bonchev–Trinajstić information content (AvgIpc) is 2.86. The van der Waals surface area contributed by atoms with E-state index in [9.17, 15) is 13.2 Å². The van der Waals surface area contributed by atoms with Crippen LogP contribution in [0.25, 0.3) is 0 Å². The van der Waals surface area contributed by atoms with Gasteiger partial charge in [0.15, 0.2) is 0 Å². The molecule has 1 amide bonds. The second-order valence-electron chi connectivity index (χ2n) is 7.51. The van der Waals surface area contributed by atoms with Crippen LogP contribution in [0.2, 0.25) is 5.02 Å². The van der Waals surface area contributed by atoms with E-state index in [0.29, 0.717) is 28.8 Å². The number of aryl methyl sites for hydroxylation is 1. The van der Waals surface area contributed by atoms with Crippen molar-refractivity contribution in [1.82, 2.24) is 5.32 Å². The van der Waals surface area contributed by atoms with Gasteiger partial charge in [-0.3, -0.25) is 9.10 Å². The Morgan fingerprint density at radius 2 is 1.69 bits per heavy atom. The van der Waals surface area contributed by atoms with Gasteiger partial charge in [-0.25, -0.2) is 8.42 Å². The van der Waals surface area contributed by atoms with E-state index in [0.717, 1.165) is 14.8 Å². The molecule has 0 radical (unpaired) electrons. The number of thioether (sulfide) groups is 1. The highest BCUT2D eigenvalue weighted by atomic mass is 35.5. The van der Waals surface area contributed by atoms with Crippen LogP contribution in [0.3, 0.4) is 0 Å². The number of rotatable bonds is 11. The van der Waals surface area contributed by atoms with Gasteiger partial charge >= 0.3 is 0 Å². The molecule has 0 aliphatic rings. The molecule has 0 bridgehead atoms. The van der Waals surface area contributed by atoms with Crippen LogP contribution < -0.4 is 19.1 Å². The van der Waals surface area contributed by atoms with Gasteiger partial charge in [0.25, 0.3) is 10.0 Å². The molecule has 10 heteroatoms. The number of amides is 1. The Hall–Kier alpha value is -2.88. The van der Waals surface area contributed by atoms with Crippen molar-refractivity contribution >= 4 is 45.0 Å². The molecule has 0 heterocycles. The molecule has 0 saturated carbocycles. The first-order valence-corrected chi connectivity index (χ1v) is 13.5. The number of hydrogen-bond acceptors (Lipinski definition) is 6. The Morgan fingerprint density at radius 3 is 2.31 bits per heavy atom. The zero-order valence-corrected chi connectivity index (χ0v) is 22.0. The zero-order chi connectivity index (χ0) is 25.4. The molecule has 0 aliphatic carbocycles. The monoisotopic (exact) mass is 534 g/mol. The summed E-state index contributed by atoms with van der Waals surface area (Å²) in [6.07, 6.45) is 0. The molecule has 0 aromatic heterocycles. The SMILES string of the molecule is COc1ccc(OC)c(N(CC(=O)NCCSc2ccc(Cl)cc2)S(=O)(=O)c2ccc(C)cc2)c1. The zero-order valence-electron chi connectivity index (χ0n) is 19.7. The maximum atomic E-state index is 13.6. The number of carbonyl (C=O) groups excluding carboxylic acids is 1. The van der Waals surface area contributed by atoms with Crippen LogP contribution in [0.5, 0.6) is 11.5 Å². The highest BCUT2D eigenvalue weighted by Gasteiger charge is 2.30. The maximum absolute atomic E-state index is 13.6. The Morgan fingerprint density at radius 1 is 1.00 bits per heavy atom. The summed E-state index contributed by atoms with van der Waals surface area (Å²) in [6.45, 7) is 1.81. The molecule has 186 valence electrons. The van der Waals surface area contributed by atoms with E-state index in [4.69, 9.17) is 21.1 Å². The number of nitrogens with zero attached hydrogens (tertiary/aromatic N) is 1. The summed E-state index contributed by atoms with van der Waals surface area (Å²) in [4.78, 5) is 13.9. The van der Waals surface area contributed by atoms with Crippen molar-refractivity contribution < 1.29 is 22.7 Å². The van der Waals surface area contributed by atoms with Gasteiger partial charge in [0, 0.05) is 28.3 Å². The van der Waals surface area contributed by atoms with Crippen molar-refractivity contribution in [2.75, 3.05) is 37.4 Å². The first-order chi connectivity index (χ1) is 16.7. The third kappa shape index (κ3) is 7.06. The number of hydrogen-bond donors (Lipinski definition) is 1. The van der Waals surface area contributed by atoms with Crippen LogP contribution >= 0.6 is 23.4 Å². The second-order valence-corrected chi connectivity index (χ2v) is 11.0. The fourth-order valence-corrected chi connectivity index (χ4v) is 5.52. The number of carbonyl (C=O) groups is 1. The van der Waals surface area contributed by atoms with E-state index in [1.165, 1.54) is 32.4 Å². The Kier molecular flexibility index (Phi) is 9.31. The number of nitrogens with one attached hydrogen (secondary N) is 1. The fraction of sp³-hybridized carbons (Fsp3) is 0.240. The fourth-order valence-electron chi connectivity index (χ4n) is 3.21. The summed E-state index contributed by atoms with van der Waals surface area (Å²) in [6, 6.07) is 18.7. The van der Waals surface area contributed by atoms with Crippen molar-refractivity contribution in [2.24, 2.45) is 0 Å². The van der Waals surface area contributed by atoms with Gasteiger partial charge in [0.2, 0.25) is 5.91 Å². The number of benzene rings is 3. The number of halogens is 1. The van der Waals surface area contributed by atoms with Gasteiger partial charge < -0.3 is 14.8 Å². The van der Waals surface area contributed by atoms with Crippen LogP contribution in [0, 0.1) is 6.92 Å². The molecule has 0 fully saturated rings. The summed E-state index contributed by atoms with van der Waals surface area (Å²) in [5.41, 5.74) is 1.13. The third-order valence-electron chi connectivity index (χ3n) is 5.06. The predicted molar refractivity (Wildman–Crippen MR) is 140 cm³/mol. The smallest absolute Gasteiger partial charge is 0.264 e. The lowest BCUT2D eigenvalue weighted by Gasteiger charge is -2.26. The van der Waals surface area contributed by atoms with Crippen molar-refractivity contribution in [3.05, 3.63) is 77.3 Å². The lowest BCUT2D eigenvalue weighted by molar-refractivity contribution is -0.119. The van der Waals surface area contributed by atoms with E-state index < -0.39 is 22.5 Å². The van der Waals surface area contributed by atoms with Gasteiger partial charge in [-0.1, -0.05) is 29.3 Å². The Bertz CT molecular complexity index is 1250. The molecule has 35 heavy (non-hydrogen) atoms. The molecular formula is C25H27ClN2O5S2. The molecule has 3 aromatic carbocycles. The van der Waals surface area contributed by atoms with E-state index >= 15 is 0 Å².